The van der Waals surface area contributed by atoms with Crippen LogP contribution in [0.4, 0.5) is 5.69 Å². The molecule has 0 atom stereocenters. The van der Waals surface area contributed by atoms with Crippen LogP contribution in [0.25, 0.3) is 21.8 Å². The van der Waals surface area contributed by atoms with Gasteiger partial charge in [0.25, 0.3) is 0 Å². The minimum Gasteiger partial charge on any atom is -0.325 e. The maximum atomic E-state index is 4.18. The maximum Gasteiger partial charge on any atom is 0.0523 e. The second kappa shape index (κ2) is 7.16. The first-order valence-electron chi connectivity index (χ1n) is 7.44. The number of benzene rings is 2. The lowest BCUT2D eigenvalue weighted by atomic mass is 10.1. The normalized spacial score (nSPS) is 13.0. The molecule has 0 radical (unpaired) electrons. The third kappa shape index (κ3) is 3.46. The molecule has 0 unspecified atom stereocenters. The van der Waals surface area contributed by atoms with Crippen LogP contribution in [0.2, 0.25) is 0 Å². The van der Waals surface area contributed by atoms with Crippen LogP contribution in [-0.4, -0.2) is 4.98 Å². The van der Waals surface area contributed by atoms with Crippen molar-refractivity contribution >= 4 is 39.4 Å². The number of hydrogen-bond acceptors (Lipinski definition) is 3. The van der Waals surface area contributed by atoms with Crippen LogP contribution < -0.4 is 15.2 Å². The van der Waals surface area contributed by atoms with Gasteiger partial charge in [-0.15, -0.1) is 0 Å². The topological polar surface area (TPSA) is 24.9 Å². The Labute approximate surface area is 140 Å². The average Bonchev–Trinajstić information content (AvgIpc) is 2.60. The van der Waals surface area contributed by atoms with Gasteiger partial charge in [0, 0.05) is 28.1 Å². The van der Waals surface area contributed by atoms with Crippen LogP contribution in [0.1, 0.15) is 6.92 Å². The Morgan fingerprint density at radius 2 is 2.00 bits per heavy atom. The molecule has 1 aromatic heterocycles. The number of pyridine rings is 1. The molecule has 3 aromatic rings. The Hall–Kier alpha value is -2.52. The molecular weight excluding hydrogens is 300 g/mol. The zero-order chi connectivity index (χ0) is 16.1. The summed E-state index contributed by atoms with van der Waals surface area (Å²) < 4.78 is 3.47. The molecule has 0 saturated heterocycles. The molecule has 2 aromatic carbocycles. The molecule has 0 amide bonds. The van der Waals surface area contributed by atoms with Crippen LogP contribution in [0.3, 0.4) is 0 Å². The zero-order valence-electron chi connectivity index (χ0n) is 13.0. The molecule has 0 aliphatic rings. The van der Waals surface area contributed by atoms with Gasteiger partial charge in [0.05, 0.1) is 5.69 Å². The lowest BCUT2D eigenvalue weighted by molar-refractivity contribution is 1.36. The highest BCUT2D eigenvalue weighted by atomic mass is 32.2. The van der Waals surface area contributed by atoms with Crippen molar-refractivity contribution in [2.24, 2.45) is 0 Å². The first-order chi connectivity index (χ1) is 11.3. The SMILES string of the molecule is C=C/C=c1/cccc/c1=C(/C)SNc1cccc2cnccc12. The van der Waals surface area contributed by atoms with Crippen molar-refractivity contribution in [3.63, 3.8) is 0 Å². The second-order valence-corrected chi connectivity index (χ2v) is 6.17. The minimum absolute atomic E-state index is 1.10. The van der Waals surface area contributed by atoms with Gasteiger partial charge in [0.1, 0.15) is 0 Å². The third-order valence-corrected chi connectivity index (χ3v) is 4.48. The summed E-state index contributed by atoms with van der Waals surface area (Å²) in [6.07, 6.45) is 7.56. The van der Waals surface area contributed by atoms with Gasteiger partial charge in [-0.25, -0.2) is 0 Å². The van der Waals surface area contributed by atoms with Gasteiger partial charge in [-0.05, 0) is 41.4 Å². The van der Waals surface area contributed by atoms with E-state index >= 15 is 0 Å². The number of allylic oxidation sites excluding steroid dienone is 1. The second-order valence-electron chi connectivity index (χ2n) is 5.15. The maximum absolute atomic E-state index is 4.18. The Kier molecular flexibility index (Phi) is 4.79. The third-order valence-electron chi connectivity index (χ3n) is 3.63. The Balaban J connectivity index is 1.95. The Morgan fingerprint density at radius 1 is 1.13 bits per heavy atom. The fourth-order valence-corrected chi connectivity index (χ4v) is 3.22. The van der Waals surface area contributed by atoms with E-state index in [0.29, 0.717) is 0 Å². The van der Waals surface area contributed by atoms with Crippen LogP contribution in [0.15, 0.2) is 73.6 Å². The first kappa shape index (κ1) is 15.4. The standard InChI is InChI=1S/C20H18N2S/c1-3-7-16-8-4-5-10-18(16)15(2)23-22-20-11-6-9-17-14-21-13-12-19(17)20/h3-14,22H,1H2,2H3/b16-7-,18-15+. The molecule has 3 heteroatoms. The van der Waals surface area contributed by atoms with Gasteiger partial charge in [0.15, 0.2) is 0 Å². The van der Waals surface area contributed by atoms with Gasteiger partial charge >= 0.3 is 0 Å². The van der Waals surface area contributed by atoms with E-state index in [4.69, 9.17) is 0 Å². The molecule has 114 valence electrons. The lowest BCUT2D eigenvalue weighted by Crippen LogP contribution is -2.25. The first-order valence-corrected chi connectivity index (χ1v) is 8.25. The van der Waals surface area contributed by atoms with E-state index in [1.165, 1.54) is 20.7 Å². The molecule has 0 aliphatic carbocycles. The number of aromatic nitrogens is 1. The fourth-order valence-electron chi connectivity index (χ4n) is 2.49. The number of nitrogens with one attached hydrogen (secondary N) is 1. The van der Waals surface area contributed by atoms with E-state index in [9.17, 15) is 0 Å². The van der Waals surface area contributed by atoms with E-state index in [2.05, 4.69) is 53.5 Å². The van der Waals surface area contributed by atoms with Crippen LogP contribution in [0, 0.1) is 0 Å². The van der Waals surface area contributed by atoms with Crippen molar-refractivity contribution in [2.45, 2.75) is 6.92 Å². The molecule has 0 spiro atoms. The largest absolute Gasteiger partial charge is 0.325 e. The van der Waals surface area contributed by atoms with Crippen molar-refractivity contribution in [1.29, 1.82) is 0 Å². The summed E-state index contributed by atoms with van der Waals surface area (Å²) in [7, 11) is 0. The molecule has 1 N–H and O–H groups in total. The molecule has 0 bridgehead atoms. The monoisotopic (exact) mass is 318 g/mol. The van der Waals surface area contributed by atoms with Crippen molar-refractivity contribution < 1.29 is 0 Å². The van der Waals surface area contributed by atoms with Crippen LogP contribution in [-0.2, 0) is 0 Å². The number of nitrogens with zero attached hydrogens (tertiary/aromatic N) is 1. The summed E-state index contributed by atoms with van der Waals surface area (Å²) in [6, 6.07) is 16.6. The van der Waals surface area contributed by atoms with Crippen molar-refractivity contribution in [2.75, 3.05) is 4.72 Å². The molecule has 1 heterocycles. The van der Waals surface area contributed by atoms with Crippen LogP contribution in [0.5, 0.6) is 0 Å². The molecule has 2 nitrogen and oxygen atoms in total. The molecular formula is C20H18N2S. The highest BCUT2D eigenvalue weighted by Gasteiger charge is 2.01. The summed E-state index contributed by atoms with van der Waals surface area (Å²) in [4.78, 5) is 5.39. The predicted molar refractivity (Wildman–Crippen MR) is 102 cm³/mol. The van der Waals surface area contributed by atoms with Crippen molar-refractivity contribution in [3.8, 4) is 0 Å². The quantitative estimate of drug-likeness (QED) is 0.734. The number of fused-ring (bicyclic) bond motifs is 1. The lowest BCUT2D eigenvalue weighted by Gasteiger charge is -2.09. The van der Waals surface area contributed by atoms with Gasteiger partial charge in [-0.3, -0.25) is 4.98 Å². The fraction of sp³-hybridized carbons (Fsp3) is 0.0500. The molecule has 0 aliphatic heterocycles. The molecule has 0 fully saturated rings. The smallest absolute Gasteiger partial charge is 0.0523 e. The van der Waals surface area contributed by atoms with E-state index in [1.807, 2.05) is 42.7 Å². The van der Waals surface area contributed by atoms with Crippen LogP contribution >= 0.6 is 11.9 Å². The number of hydrogen-bond donors (Lipinski definition) is 1. The van der Waals surface area contributed by atoms with Crippen molar-refractivity contribution in [1.82, 2.24) is 4.98 Å². The van der Waals surface area contributed by atoms with E-state index in [-0.39, 0.29) is 0 Å². The highest BCUT2D eigenvalue weighted by molar-refractivity contribution is 8.09. The summed E-state index contributed by atoms with van der Waals surface area (Å²) in [5.41, 5.74) is 1.10. The molecule has 3 rings (SSSR count). The Bertz CT molecular complexity index is 955. The number of anilines is 1. The van der Waals surface area contributed by atoms with Gasteiger partial charge in [0.2, 0.25) is 0 Å². The Morgan fingerprint density at radius 3 is 2.87 bits per heavy atom. The van der Waals surface area contributed by atoms with Gasteiger partial charge < -0.3 is 4.72 Å². The number of rotatable bonds is 4. The molecule has 0 saturated carbocycles. The van der Waals surface area contributed by atoms with E-state index < -0.39 is 0 Å². The summed E-state index contributed by atoms with van der Waals surface area (Å²) in [5, 5.41) is 4.70. The predicted octanol–water partition coefficient (Wildman–Crippen LogP) is 4.09. The van der Waals surface area contributed by atoms with Crippen molar-refractivity contribution in [3.05, 3.63) is 84.0 Å². The summed E-state index contributed by atoms with van der Waals surface area (Å²) in [5.74, 6) is 0. The van der Waals surface area contributed by atoms with E-state index in [0.717, 1.165) is 11.1 Å². The van der Waals surface area contributed by atoms with E-state index in [1.54, 1.807) is 11.9 Å². The highest BCUT2D eigenvalue weighted by Crippen LogP contribution is 2.26. The minimum atomic E-state index is 1.10. The average molecular weight is 318 g/mol. The van der Waals surface area contributed by atoms with Gasteiger partial charge in [-0.2, -0.15) is 0 Å². The summed E-state index contributed by atoms with van der Waals surface area (Å²) >= 11 is 1.63. The van der Waals surface area contributed by atoms with Gasteiger partial charge in [-0.1, -0.05) is 55.1 Å². The summed E-state index contributed by atoms with van der Waals surface area (Å²) in [6.45, 7) is 5.92. The zero-order valence-corrected chi connectivity index (χ0v) is 13.8. The molecule has 23 heavy (non-hydrogen) atoms.